The SMILES string of the molecule is Cc1cc(=O)oc2cc(OCC(=O)NCC(C)c3ccccc3)c(Cl)cc12. The smallest absolute Gasteiger partial charge is 0.336 e. The highest BCUT2D eigenvalue weighted by Gasteiger charge is 2.12. The number of benzene rings is 2. The molecular formula is C21H20ClNO4. The number of rotatable bonds is 6. The van der Waals surface area contributed by atoms with Crippen molar-refractivity contribution in [1.29, 1.82) is 0 Å². The molecule has 0 spiro atoms. The summed E-state index contributed by atoms with van der Waals surface area (Å²) in [4.78, 5) is 23.6. The first kappa shape index (κ1) is 19.0. The molecule has 5 nitrogen and oxygen atoms in total. The molecular weight excluding hydrogens is 366 g/mol. The van der Waals surface area contributed by atoms with Gasteiger partial charge in [0.1, 0.15) is 11.3 Å². The first-order chi connectivity index (χ1) is 12.9. The molecule has 1 aromatic heterocycles. The van der Waals surface area contributed by atoms with Crippen LogP contribution in [0.3, 0.4) is 0 Å². The molecule has 0 aliphatic heterocycles. The molecule has 0 saturated carbocycles. The number of ether oxygens (including phenoxy) is 1. The van der Waals surface area contributed by atoms with Crippen molar-refractivity contribution in [3.63, 3.8) is 0 Å². The van der Waals surface area contributed by atoms with Crippen molar-refractivity contribution in [3.8, 4) is 5.75 Å². The number of hydrogen-bond donors (Lipinski definition) is 1. The number of carbonyl (C=O) groups is 1. The van der Waals surface area contributed by atoms with Gasteiger partial charge in [-0.05, 0) is 30.0 Å². The van der Waals surface area contributed by atoms with E-state index in [2.05, 4.69) is 5.32 Å². The van der Waals surface area contributed by atoms with E-state index in [9.17, 15) is 9.59 Å². The van der Waals surface area contributed by atoms with Crippen LogP contribution in [0.15, 0.2) is 57.7 Å². The quantitative estimate of drug-likeness (QED) is 0.650. The van der Waals surface area contributed by atoms with Gasteiger partial charge in [-0.25, -0.2) is 4.79 Å². The van der Waals surface area contributed by atoms with Crippen LogP contribution in [0.5, 0.6) is 5.75 Å². The van der Waals surface area contributed by atoms with Crippen LogP contribution in [0.25, 0.3) is 11.0 Å². The Bertz CT molecular complexity index is 1010. The van der Waals surface area contributed by atoms with E-state index < -0.39 is 5.63 Å². The summed E-state index contributed by atoms with van der Waals surface area (Å²) in [5.74, 6) is 0.237. The topological polar surface area (TPSA) is 68.5 Å². The average Bonchev–Trinajstić information content (AvgIpc) is 2.65. The maximum absolute atomic E-state index is 12.1. The summed E-state index contributed by atoms with van der Waals surface area (Å²) in [6.45, 7) is 4.17. The van der Waals surface area contributed by atoms with Gasteiger partial charge in [0.2, 0.25) is 0 Å². The molecule has 1 heterocycles. The van der Waals surface area contributed by atoms with Crippen molar-refractivity contribution in [2.24, 2.45) is 0 Å². The molecule has 0 fully saturated rings. The number of nitrogens with one attached hydrogen (secondary N) is 1. The Hall–Kier alpha value is -2.79. The first-order valence-electron chi connectivity index (χ1n) is 8.62. The van der Waals surface area contributed by atoms with Crippen LogP contribution in [0.4, 0.5) is 0 Å². The predicted octanol–water partition coefficient (Wildman–Crippen LogP) is 4.05. The number of aryl methyl sites for hydroxylation is 1. The van der Waals surface area contributed by atoms with Crippen LogP contribution in [0.1, 0.15) is 24.0 Å². The van der Waals surface area contributed by atoms with Crippen molar-refractivity contribution in [2.45, 2.75) is 19.8 Å². The van der Waals surface area contributed by atoms with E-state index in [1.807, 2.05) is 37.3 Å². The maximum Gasteiger partial charge on any atom is 0.336 e. The first-order valence-corrected chi connectivity index (χ1v) is 9.00. The molecule has 1 atom stereocenters. The van der Waals surface area contributed by atoms with Crippen LogP contribution in [-0.4, -0.2) is 19.1 Å². The number of halogens is 1. The lowest BCUT2D eigenvalue weighted by atomic mass is 10.0. The van der Waals surface area contributed by atoms with Gasteiger partial charge in [0, 0.05) is 24.1 Å². The summed E-state index contributed by atoms with van der Waals surface area (Å²) in [7, 11) is 0. The fourth-order valence-electron chi connectivity index (χ4n) is 2.79. The highest BCUT2D eigenvalue weighted by Crippen LogP contribution is 2.30. The van der Waals surface area contributed by atoms with Crippen LogP contribution in [0, 0.1) is 6.92 Å². The normalized spacial score (nSPS) is 12.0. The Labute approximate surface area is 161 Å². The van der Waals surface area contributed by atoms with Gasteiger partial charge >= 0.3 is 5.63 Å². The van der Waals surface area contributed by atoms with Crippen LogP contribution >= 0.6 is 11.6 Å². The van der Waals surface area contributed by atoms with E-state index in [0.29, 0.717) is 22.9 Å². The Morgan fingerprint density at radius 1 is 1.22 bits per heavy atom. The van der Waals surface area contributed by atoms with E-state index in [1.54, 1.807) is 13.0 Å². The molecule has 3 aromatic rings. The molecule has 1 unspecified atom stereocenters. The van der Waals surface area contributed by atoms with Crippen LogP contribution < -0.4 is 15.7 Å². The summed E-state index contributed by atoms with van der Waals surface area (Å²) in [5.41, 5.74) is 1.85. The van der Waals surface area contributed by atoms with E-state index in [1.165, 1.54) is 12.1 Å². The predicted molar refractivity (Wildman–Crippen MR) is 106 cm³/mol. The highest BCUT2D eigenvalue weighted by atomic mass is 35.5. The van der Waals surface area contributed by atoms with Crippen LogP contribution in [-0.2, 0) is 4.79 Å². The van der Waals surface area contributed by atoms with Crippen molar-refractivity contribution in [3.05, 3.63) is 75.1 Å². The Morgan fingerprint density at radius 2 is 1.96 bits per heavy atom. The zero-order valence-electron chi connectivity index (χ0n) is 15.1. The number of hydrogen-bond acceptors (Lipinski definition) is 4. The van der Waals surface area contributed by atoms with E-state index in [0.717, 1.165) is 16.5 Å². The lowest BCUT2D eigenvalue weighted by molar-refractivity contribution is -0.123. The third-order valence-corrected chi connectivity index (χ3v) is 4.63. The van der Waals surface area contributed by atoms with Gasteiger partial charge < -0.3 is 14.5 Å². The minimum absolute atomic E-state index is 0.178. The monoisotopic (exact) mass is 385 g/mol. The van der Waals surface area contributed by atoms with Crippen molar-refractivity contribution in [2.75, 3.05) is 13.2 Å². The maximum atomic E-state index is 12.1. The molecule has 2 aromatic carbocycles. The molecule has 0 radical (unpaired) electrons. The molecule has 0 bridgehead atoms. The van der Waals surface area contributed by atoms with Gasteiger partial charge in [0.05, 0.1) is 5.02 Å². The Kier molecular flexibility index (Phi) is 5.81. The zero-order valence-corrected chi connectivity index (χ0v) is 15.9. The lowest BCUT2D eigenvalue weighted by Crippen LogP contribution is -2.31. The number of amides is 1. The summed E-state index contributed by atoms with van der Waals surface area (Å²) in [5, 5.41) is 3.93. The van der Waals surface area contributed by atoms with Gasteiger partial charge in [-0.3, -0.25) is 4.79 Å². The molecule has 0 saturated heterocycles. The fourth-order valence-corrected chi connectivity index (χ4v) is 3.01. The molecule has 27 heavy (non-hydrogen) atoms. The van der Waals surface area contributed by atoms with E-state index in [-0.39, 0.29) is 18.4 Å². The molecule has 1 amide bonds. The van der Waals surface area contributed by atoms with Crippen molar-refractivity contribution >= 4 is 28.5 Å². The second-order valence-corrected chi connectivity index (χ2v) is 6.84. The van der Waals surface area contributed by atoms with Crippen molar-refractivity contribution in [1.82, 2.24) is 5.32 Å². The summed E-state index contributed by atoms with van der Waals surface area (Å²) in [6.07, 6.45) is 0. The molecule has 140 valence electrons. The average molecular weight is 386 g/mol. The van der Waals surface area contributed by atoms with E-state index in [4.69, 9.17) is 20.8 Å². The fraction of sp³-hybridized carbons (Fsp3) is 0.238. The Balaban J connectivity index is 1.61. The second kappa shape index (κ2) is 8.27. The standard InChI is InChI=1S/C21H20ClNO4/c1-13-8-21(25)27-18-10-19(17(22)9-16(13)18)26-12-20(24)23-11-14(2)15-6-4-3-5-7-15/h3-10,14H,11-12H2,1-2H3,(H,23,24). The highest BCUT2D eigenvalue weighted by molar-refractivity contribution is 6.32. The molecule has 0 aliphatic carbocycles. The minimum atomic E-state index is -0.444. The lowest BCUT2D eigenvalue weighted by Gasteiger charge is -2.14. The van der Waals surface area contributed by atoms with Crippen LogP contribution in [0.2, 0.25) is 5.02 Å². The van der Waals surface area contributed by atoms with Gasteiger partial charge in [-0.2, -0.15) is 0 Å². The molecule has 0 aliphatic rings. The minimum Gasteiger partial charge on any atom is -0.482 e. The molecule has 1 N–H and O–H groups in total. The second-order valence-electron chi connectivity index (χ2n) is 6.43. The summed E-state index contributed by atoms with van der Waals surface area (Å²) in [6, 6.07) is 14.6. The Morgan fingerprint density at radius 3 is 2.70 bits per heavy atom. The molecule has 6 heteroatoms. The van der Waals surface area contributed by atoms with E-state index >= 15 is 0 Å². The van der Waals surface area contributed by atoms with Gasteiger partial charge in [0.15, 0.2) is 6.61 Å². The largest absolute Gasteiger partial charge is 0.482 e. The number of fused-ring (bicyclic) bond motifs is 1. The van der Waals surface area contributed by atoms with Gasteiger partial charge in [-0.15, -0.1) is 0 Å². The molecule has 3 rings (SSSR count). The summed E-state index contributed by atoms with van der Waals surface area (Å²) >= 11 is 6.23. The van der Waals surface area contributed by atoms with Gasteiger partial charge in [-0.1, -0.05) is 48.9 Å². The third-order valence-electron chi connectivity index (χ3n) is 4.34. The third kappa shape index (κ3) is 4.68. The zero-order chi connectivity index (χ0) is 19.4. The van der Waals surface area contributed by atoms with Gasteiger partial charge in [0.25, 0.3) is 5.91 Å². The number of carbonyl (C=O) groups excluding carboxylic acids is 1. The summed E-state index contributed by atoms with van der Waals surface area (Å²) < 4.78 is 10.7. The van der Waals surface area contributed by atoms with Crippen molar-refractivity contribution < 1.29 is 13.9 Å².